The fraction of sp³-hybridized carbons (Fsp3) is 0.314. The van der Waals surface area contributed by atoms with Crippen molar-refractivity contribution < 1.29 is 4.79 Å². The molecular weight excluding hydrogens is 623 g/mol. The van der Waals surface area contributed by atoms with Crippen molar-refractivity contribution >= 4 is 46.4 Å². The number of amides is 1. The average Bonchev–Trinajstić information content (AvgIpc) is 3.45. The Morgan fingerprint density at radius 2 is 1.80 bits per heavy atom. The highest BCUT2D eigenvalue weighted by Gasteiger charge is 2.22. The van der Waals surface area contributed by atoms with Crippen LogP contribution in [-0.2, 0) is 30.7 Å². The summed E-state index contributed by atoms with van der Waals surface area (Å²) in [6.45, 7) is 6.45. The number of imidazole rings is 1. The van der Waals surface area contributed by atoms with Crippen molar-refractivity contribution in [2.45, 2.75) is 52.2 Å². The summed E-state index contributed by atoms with van der Waals surface area (Å²) in [7, 11) is 0. The number of carbonyl (C=O) groups is 1. The van der Waals surface area contributed by atoms with Gasteiger partial charge >= 0.3 is 0 Å². The smallest absolute Gasteiger partial charge is 0.226 e. The molecule has 0 radical (unpaired) electrons. The maximum atomic E-state index is 13.4. The van der Waals surface area contributed by atoms with Gasteiger partial charge in [0.1, 0.15) is 0 Å². The van der Waals surface area contributed by atoms with Crippen LogP contribution < -0.4 is 10.6 Å². The molecule has 1 unspecified atom stereocenters. The lowest BCUT2D eigenvalue weighted by Gasteiger charge is -2.32. The van der Waals surface area contributed by atoms with Crippen LogP contribution in [0.15, 0.2) is 85.3 Å². The summed E-state index contributed by atoms with van der Waals surface area (Å²) >= 11 is 18.8. The van der Waals surface area contributed by atoms with Crippen molar-refractivity contribution in [3.8, 4) is 6.07 Å². The van der Waals surface area contributed by atoms with Crippen molar-refractivity contribution in [2.75, 3.05) is 13.1 Å². The van der Waals surface area contributed by atoms with Crippen molar-refractivity contribution in [1.82, 2.24) is 25.1 Å². The van der Waals surface area contributed by atoms with E-state index >= 15 is 0 Å². The van der Waals surface area contributed by atoms with E-state index in [1.807, 2.05) is 47.0 Å². The predicted octanol–water partition coefficient (Wildman–Crippen LogP) is 6.80. The van der Waals surface area contributed by atoms with Crippen LogP contribution in [0.4, 0.5) is 0 Å². The van der Waals surface area contributed by atoms with Crippen LogP contribution in [0.5, 0.6) is 0 Å². The van der Waals surface area contributed by atoms with E-state index < -0.39 is 0 Å². The van der Waals surface area contributed by atoms with Crippen molar-refractivity contribution in [3.05, 3.63) is 123 Å². The Hall–Kier alpha value is -3.90. The van der Waals surface area contributed by atoms with Crippen molar-refractivity contribution in [1.29, 1.82) is 5.26 Å². The third-order valence-electron chi connectivity index (χ3n) is 7.35. The number of nitrogens with zero attached hydrogens (tertiary/aromatic N) is 4. The largest absolute Gasteiger partial charge is 0.362 e. The van der Waals surface area contributed by atoms with E-state index in [1.165, 1.54) is 5.56 Å². The Labute approximate surface area is 281 Å². The highest BCUT2D eigenvalue weighted by Crippen LogP contribution is 2.27. The first-order valence-electron chi connectivity index (χ1n) is 15.0. The second-order valence-electron chi connectivity index (χ2n) is 11.5. The number of rotatable bonds is 14. The van der Waals surface area contributed by atoms with Gasteiger partial charge in [0.15, 0.2) is 5.11 Å². The number of hydrogen-bond acceptors (Lipinski definition) is 4. The molecule has 4 rings (SSSR count). The summed E-state index contributed by atoms with van der Waals surface area (Å²) in [4.78, 5) is 19.8. The average molecular weight is 662 g/mol. The number of aromatic nitrogens is 2. The Bertz CT molecular complexity index is 1600. The molecule has 0 spiro atoms. The summed E-state index contributed by atoms with van der Waals surface area (Å²) in [6, 6.07) is 25.2. The van der Waals surface area contributed by atoms with Crippen molar-refractivity contribution in [3.63, 3.8) is 0 Å². The third kappa shape index (κ3) is 10.6. The quantitative estimate of drug-likeness (QED) is 0.145. The monoisotopic (exact) mass is 660 g/mol. The minimum atomic E-state index is -0.167. The molecule has 0 aliphatic heterocycles. The molecule has 0 saturated carbocycles. The Balaban J connectivity index is 1.45. The second kappa shape index (κ2) is 17.0. The molecule has 45 heavy (non-hydrogen) atoms. The maximum Gasteiger partial charge on any atom is 0.226 e. The van der Waals surface area contributed by atoms with Gasteiger partial charge in [-0.3, -0.25) is 4.79 Å². The van der Waals surface area contributed by atoms with E-state index in [0.717, 1.165) is 29.7 Å². The standard InChI is InChI=1S/C35H38Cl2N6OS/c1-25(2)17-30(41-33(44)18-31-20-39-24-43(31)21-28-13-11-27(19-38)12-14-28)23-42(22-29-9-6-10-32(36)34(29)37)35(45)40-16-15-26-7-4-3-5-8-26/h3-14,20,24-25,30H,15-18,21-23H2,1-2H3,(H,40,45)(H,41,44). The van der Waals surface area contributed by atoms with Gasteiger partial charge in [-0.2, -0.15) is 5.26 Å². The lowest BCUT2D eigenvalue weighted by atomic mass is 10.0. The van der Waals surface area contributed by atoms with Gasteiger partial charge in [-0.25, -0.2) is 4.98 Å². The fourth-order valence-corrected chi connectivity index (χ4v) is 5.76. The van der Waals surface area contributed by atoms with Crippen LogP contribution in [0.1, 0.15) is 48.2 Å². The van der Waals surface area contributed by atoms with Gasteiger partial charge in [0.2, 0.25) is 5.91 Å². The normalized spacial score (nSPS) is 11.6. The third-order valence-corrected chi connectivity index (χ3v) is 8.61. The first kappa shape index (κ1) is 34.0. The molecule has 7 nitrogen and oxygen atoms in total. The van der Waals surface area contributed by atoms with Crippen LogP contribution in [0, 0.1) is 17.2 Å². The van der Waals surface area contributed by atoms with Crippen LogP contribution in [0.25, 0.3) is 0 Å². The van der Waals surface area contributed by atoms with Gasteiger partial charge in [-0.1, -0.05) is 91.6 Å². The van der Waals surface area contributed by atoms with E-state index in [1.54, 1.807) is 30.7 Å². The molecule has 1 atom stereocenters. The molecule has 0 aliphatic rings. The Morgan fingerprint density at radius 1 is 1.04 bits per heavy atom. The molecule has 0 fully saturated rings. The molecule has 0 saturated heterocycles. The maximum absolute atomic E-state index is 13.4. The van der Waals surface area contributed by atoms with E-state index in [2.05, 4.69) is 52.6 Å². The molecule has 3 aromatic carbocycles. The van der Waals surface area contributed by atoms with Gasteiger partial charge in [-0.05, 0) is 65.9 Å². The van der Waals surface area contributed by atoms with Gasteiger partial charge in [0.25, 0.3) is 0 Å². The van der Waals surface area contributed by atoms with Crippen LogP contribution >= 0.6 is 35.4 Å². The minimum absolute atomic E-state index is 0.0917. The van der Waals surface area contributed by atoms with Gasteiger partial charge < -0.3 is 20.1 Å². The first-order valence-corrected chi connectivity index (χ1v) is 16.1. The molecule has 1 amide bonds. The number of benzene rings is 3. The number of carbonyl (C=O) groups excluding carboxylic acids is 1. The molecule has 4 aromatic rings. The zero-order chi connectivity index (χ0) is 32.2. The summed E-state index contributed by atoms with van der Waals surface area (Å²) < 4.78 is 1.96. The van der Waals surface area contributed by atoms with Gasteiger partial charge in [-0.15, -0.1) is 0 Å². The molecule has 234 valence electrons. The molecule has 2 N–H and O–H groups in total. The SMILES string of the molecule is CC(C)CC(CN(Cc1cccc(Cl)c1Cl)C(=S)NCCc1ccccc1)NC(=O)Cc1cncn1Cc1ccc(C#N)cc1. The van der Waals surface area contributed by atoms with Crippen LogP contribution in [0.2, 0.25) is 10.0 Å². The lowest BCUT2D eigenvalue weighted by Crippen LogP contribution is -2.49. The fourth-order valence-electron chi connectivity index (χ4n) is 5.14. The number of thiocarbonyl (C=S) groups is 1. The number of hydrogen-bond donors (Lipinski definition) is 2. The van der Waals surface area contributed by atoms with Gasteiger partial charge in [0.05, 0.1) is 34.4 Å². The minimum Gasteiger partial charge on any atom is -0.362 e. The summed E-state index contributed by atoms with van der Waals surface area (Å²) in [5.41, 5.74) is 4.52. The first-order chi connectivity index (χ1) is 21.7. The van der Waals surface area contributed by atoms with Crippen LogP contribution in [0.3, 0.4) is 0 Å². The topological polar surface area (TPSA) is 86.0 Å². The van der Waals surface area contributed by atoms with Gasteiger partial charge in [0, 0.05) is 44.1 Å². The molecule has 0 bridgehead atoms. The van der Waals surface area contributed by atoms with E-state index in [9.17, 15) is 4.79 Å². The summed E-state index contributed by atoms with van der Waals surface area (Å²) in [6.07, 6.45) is 5.23. The van der Waals surface area contributed by atoms with E-state index in [0.29, 0.717) is 52.8 Å². The summed E-state index contributed by atoms with van der Waals surface area (Å²) in [5.74, 6) is 0.249. The molecule has 1 heterocycles. The number of nitriles is 1. The lowest BCUT2D eigenvalue weighted by molar-refractivity contribution is -0.121. The summed E-state index contributed by atoms with van der Waals surface area (Å²) in [5, 5.41) is 17.3. The predicted molar refractivity (Wildman–Crippen MR) is 185 cm³/mol. The Kier molecular flexibility index (Phi) is 12.8. The molecule has 0 aliphatic carbocycles. The van der Waals surface area contributed by atoms with E-state index in [4.69, 9.17) is 40.7 Å². The molecular formula is C35H38Cl2N6OS. The van der Waals surface area contributed by atoms with Crippen molar-refractivity contribution in [2.24, 2.45) is 5.92 Å². The molecule has 10 heteroatoms. The number of halogens is 2. The van der Waals surface area contributed by atoms with E-state index in [-0.39, 0.29) is 18.4 Å². The Morgan fingerprint density at radius 3 is 2.51 bits per heavy atom. The highest BCUT2D eigenvalue weighted by atomic mass is 35.5. The zero-order valence-corrected chi connectivity index (χ0v) is 27.9. The number of nitrogens with one attached hydrogen (secondary N) is 2. The highest BCUT2D eigenvalue weighted by molar-refractivity contribution is 7.80. The molecule has 1 aromatic heterocycles. The zero-order valence-electron chi connectivity index (χ0n) is 25.5. The second-order valence-corrected chi connectivity index (χ2v) is 12.6. The van der Waals surface area contributed by atoms with Crippen LogP contribution in [-0.4, -0.2) is 44.6 Å².